The molecule has 0 spiro atoms. The Bertz CT molecular complexity index is 1850. The molecular formula is C28H25N7O3S. The minimum atomic E-state index is -3.84. The maximum atomic E-state index is 13.4. The van der Waals surface area contributed by atoms with Gasteiger partial charge in [0.25, 0.3) is 10.0 Å². The van der Waals surface area contributed by atoms with Gasteiger partial charge < -0.3 is 5.32 Å². The minimum absolute atomic E-state index is 0.00271. The van der Waals surface area contributed by atoms with Crippen LogP contribution in [-0.4, -0.2) is 43.9 Å². The Labute approximate surface area is 225 Å². The number of carbonyl (C=O) groups is 1. The van der Waals surface area contributed by atoms with E-state index in [4.69, 9.17) is 5.26 Å². The van der Waals surface area contributed by atoms with Crippen LogP contribution in [-0.2, 0) is 21.2 Å². The van der Waals surface area contributed by atoms with E-state index in [0.29, 0.717) is 28.8 Å². The molecule has 2 atom stereocenters. The van der Waals surface area contributed by atoms with E-state index in [0.717, 1.165) is 29.8 Å². The first-order valence-corrected chi connectivity index (χ1v) is 14.1. The fraction of sp³-hybridized carbons (Fsp3) is 0.250. The number of benzene rings is 2. The second kappa shape index (κ2) is 9.63. The highest BCUT2D eigenvalue weighted by Gasteiger charge is 2.31. The normalized spacial score (nSPS) is 17.4. The number of nitriles is 1. The summed E-state index contributed by atoms with van der Waals surface area (Å²) in [5.74, 6) is 0.705. The van der Waals surface area contributed by atoms with Gasteiger partial charge in [-0.3, -0.25) is 9.20 Å². The largest absolute Gasteiger partial charge is 0.353 e. The van der Waals surface area contributed by atoms with Gasteiger partial charge in [-0.05, 0) is 62.1 Å². The van der Waals surface area contributed by atoms with Gasteiger partial charge in [0.1, 0.15) is 5.82 Å². The molecule has 0 bridgehead atoms. The predicted molar refractivity (Wildman–Crippen MR) is 143 cm³/mol. The maximum absolute atomic E-state index is 13.4. The number of amides is 1. The summed E-state index contributed by atoms with van der Waals surface area (Å²) in [5, 5.41) is 20.8. The Kier molecular flexibility index (Phi) is 6.12. The van der Waals surface area contributed by atoms with Crippen molar-refractivity contribution in [1.82, 2.24) is 28.9 Å². The fourth-order valence-corrected chi connectivity index (χ4v) is 6.54. The molecule has 1 amide bonds. The van der Waals surface area contributed by atoms with E-state index >= 15 is 0 Å². The van der Waals surface area contributed by atoms with Crippen LogP contribution in [0.25, 0.3) is 16.8 Å². The molecule has 0 unspecified atom stereocenters. The van der Waals surface area contributed by atoms with Crippen LogP contribution in [0.5, 0.6) is 0 Å². The molecule has 2 aromatic carbocycles. The zero-order chi connectivity index (χ0) is 27.1. The third-order valence-corrected chi connectivity index (χ3v) is 8.93. The third kappa shape index (κ3) is 4.53. The molecule has 0 aliphatic heterocycles. The molecular weight excluding hydrogens is 514 g/mol. The first-order chi connectivity index (χ1) is 18.8. The van der Waals surface area contributed by atoms with E-state index in [1.807, 2.05) is 11.3 Å². The number of fused-ring (bicyclic) bond motifs is 3. The maximum Gasteiger partial charge on any atom is 0.269 e. The van der Waals surface area contributed by atoms with Crippen LogP contribution in [0, 0.1) is 18.3 Å². The lowest BCUT2D eigenvalue weighted by atomic mass is 10.1. The van der Waals surface area contributed by atoms with Crippen LogP contribution in [0.4, 0.5) is 0 Å². The van der Waals surface area contributed by atoms with Crippen molar-refractivity contribution in [2.75, 3.05) is 0 Å². The van der Waals surface area contributed by atoms with Crippen LogP contribution in [0.1, 0.15) is 47.7 Å². The number of aryl methyl sites for hydroxylation is 1. The van der Waals surface area contributed by atoms with Gasteiger partial charge in [0.2, 0.25) is 5.91 Å². The molecule has 1 saturated carbocycles. The van der Waals surface area contributed by atoms with Crippen molar-refractivity contribution in [2.24, 2.45) is 0 Å². The molecule has 39 heavy (non-hydrogen) atoms. The van der Waals surface area contributed by atoms with Crippen molar-refractivity contribution < 1.29 is 13.2 Å². The molecule has 5 aromatic rings. The Morgan fingerprint density at radius 3 is 2.59 bits per heavy atom. The van der Waals surface area contributed by atoms with Crippen molar-refractivity contribution in [3.05, 3.63) is 89.5 Å². The summed E-state index contributed by atoms with van der Waals surface area (Å²) in [6.45, 7) is 1.90. The zero-order valence-corrected chi connectivity index (χ0v) is 22.0. The van der Waals surface area contributed by atoms with Crippen LogP contribution in [0.15, 0.2) is 71.9 Å². The lowest BCUT2D eigenvalue weighted by Gasteiger charge is -2.13. The highest BCUT2D eigenvalue weighted by Crippen LogP contribution is 2.35. The molecule has 0 saturated heterocycles. The Balaban J connectivity index is 1.24. The number of nitrogens with zero attached hydrogens (tertiary/aromatic N) is 6. The lowest BCUT2D eigenvalue weighted by molar-refractivity contribution is -0.121. The van der Waals surface area contributed by atoms with E-state index in [1.54, 1.807) is 54.6 Å². The van der Waals surface area contributed by atoms with Gasteiger partial charge in [0.15, 0.2) is 11.3 Å². The summed E-state index contributed by atoms with van der Waals surface area (Å²) in [6.07, 6.45) is 5.61. The van der Waals surface area contributed by atoms with Crippen LogP contribution in [0.2, 0.25) is 0 Å². The summed E-state index contributed by atoms with van der Waals surface area (Å²) >= 11 is 0. The number of hydrogen-bond donors (Lipinski definition) is 1. The Morgan fingerprint density at radius 2 is 1.85 bits per heavy atom. The Hall–Kier alpha value is -4.56. The third-order valence-electron chi connectivity index (χ3n) is 7.25. The highest BCUT2D eigenvalue weighted by atomic mass is 32.2. The quantitative estimate of drug-likeness (QED) is 0.349. The Morgan fingerprint density at radius 1 is 1.08 bits per heavy atom. The van der Waals surface area contributed by atoms with E-state index in [1.165, 1.54) is 16.4 Å². The SMILES string of the molecule is Cc1ccc(S(=O)(=O)n2ccc3c2ncc2nnc([C@@H]4CC[C@H](NC(=O)Cc5ccc(C#N)cc5)C4)n23)cc1. The smallest absolute Gasteiger partial charge is 0.269 e. The van der Waals surface area contributed by atoms with Crippen LogP contribution >= 0.6 is 0 Å². The van der Waals surface area contributed by atoms with Gasteiger partial charge in [0.05, 0.1) is 34.7 Å². The van der Waals surface area contributed by atoms with Crippen molar-refractivity contribution >= 4 is 32.7 Å². The molecule has 3 aromatic heterocycles. The van der Waals surface area contributed by atoms with Crippen LogP contribution < -0.4 is 5.32 Å². The zero-order valence-electron chi connectivity index (χ0n) is 21.2. The molecule has 6 rings (SSSR count). The summed E-state index contributed by atoms with van der Waals surface area (Å²) in [7, 11) is -3.84. The first-order valence-electron chi connectivity index (χ1n) is 12.7. The van der Waals surface area contributed by atoms with Crippen molar-refractivity contribution in [3.63, 3.8) is 0 Å². The molecule has 10 nitrogen and oxygen atoms in total. The number of carbonyl (C=O) groups excluding carboxylic acids is 1. The van der Waals surface area contributed by atoms with Gasteiger partial charge >= 0.3 is 0 Å². The first kappa shape index (κ1) is 24.8. The monoisotopic (exact) mass is 539 g/mol. The number of nitrogens with one attached hydrogen (secondary N) is 1. The molecule has 1 N–H and O–H groups in total. The number of hydrogen-bond acceptors (Lipinski definition) is 7. The topological polar surface area (TPSA) is 135 Å². The van der Waals surface area contributed by atoms with E-state index in [9.17, 15) is 13.2 Å². The minimum Gasteiger partial charge on any atom is -0.353 e. The molecule has 11 heteroatoms. The highest BCUT2D eigenvalue weighted by molar-refractivity contribution is 7.90. The fourth-order valence-electron chi connectivity index (χ4n) is 5.24. The van der Waals surface area contributed by atoms with Gasteiger partial charge in [-0.1, -0.05) is 29.8 Å². The van der Waals surface area contributed by atoms with Crippen LogP contribution in [0.3, 0.4) is 0 Å². The van der Waals surface area contributed by atoms with Gasteiger partial charge in [-0.25, -0.2) is 17.4 Å². The van der Waals surface area contributed by atoms with Gasteiger partial charge in [-0.2, -0.15) is 5.26 Å². The standard InChI is InChI=1S/C28H25N7O3S/c1-18-2-10-23(11-3-18)39(37,38)34-13-12-24-28(34)30-17-25-32-33-27(35(24)25)21-8-9-22(15-21)31-26(36)14-19-4-6-20(16-29)7-5-19/h2-7,10-13,17,21-22H,8-9,14-15H2,1H3,(H,31,36)/t21-,22+/m1/s1. The van der Waals surface area contributed by atoms with Crippen molar-refractivity contribution in [3.8, 4) is 6.07 Å². The lowest BCUT2D eigenvalue weighted by Crippen LogP contribution is -2.34. The second-order valence-corrected chi connectivity index (χ2v) is 11.7. The second-order valence-electron chi connectivity index (χ2n) is 9.91. The average Bonchev–Trinajstić information content (AvgIpc) is 3.67. The molecule has 0 radical (unpaired) electrons. The molecule has 1 aliphatic carbocycles. The van der Waals surface area contributed by atoms with Gasteiger partial charge in [-0.15, -0.1) is 10.2 Å². The average molecular weight is 540 g/mol. The molecule has 196 valence electrons. The van der Waals surface area contributed by atoms with E-state index < -0.39 is 10.0 Å². The summed E-state index contributed by atoms with van der Waals surface area (Å²) in [4.78, 5) is 17.3. The van der Waals surface area contributed by atoms with Gasteiger partial charge in [0, 0.05) is 18.2 Å². The summed E-state index contributed by atoms with van der Waals surface area (Å²) in [6, 6.07) is 17.5. The number of aromatic nitrogens is 5. The van der Waals surface area contributed by atoms with Crippen molar-refractivity contribution in [2.45, 2.75) is 49.5 Å². The molecule has 3 heterocycles. The summed E-state index contributed by atoms with van der Waals surface area (Å²) < 4.78 is 29.8. The number of rotatable bonds is 6. The van der Waals surface area contributed by atoms with E-state index in [2.05, 4.69) is 26.6 Å². The predicted octanol–water partition coefficient (Wildman–Crippen LogP) is 3.49. The van der Waals surface area contributed by atoms with E-state index in [-0.39, 0.29) is 29.2 Å². The summed E-state index contributed by atoms with van der Waals surface area (Å²) in [5.41, 5.74) is 3.83. The molecule has 1 fully saturated rings. The van der Waals surface area contributed by atoms with Crippen molar-refractivity contribution in [1.29, 1.82) is 5.26 Å². The molecule has 1 aliphatic rings.